The second-order valence-electron chi connectivity index (χ2n) is 4.95. The molecule has 3 rings (SSSR count). The van der Waals surface area contributed by atoms with Gasteiger partial charge in [0, 0.05) is 12.6 Å². The maximum Gasteiger partial charge on any atom is 0.435 e. The smallest absolute Gasteiger partial charge is 0.435 e. The fraction of sp³-hybridized carbons (Fsp3) is 0.200. The Morgan fingerprint density at radius 2 is 1.68 bits per heavy atom. The summed E-state index contributed by atoms with van der Waals surface area (Å²) in [6.07, 6.45) is -4.51. The zero-order valence-electron chi connectivity index (χ0n) is 13.2. The van der Waals surface area contributed by atoms with Crippen LogP contribution in [-0.2, 0) is 13.2 Å². The van der Waals surface area contributed by atoms with Crippen molar-refractivity contribution in [2.45, 2.75) is 16.4 Å². The van der Waals surface area contributed by atoms with Crippen LogP contribution in [0.1, 0.15) is 5.69 Å². The molecular weight excluding hydrogens is 355 g/mol. The molecule has 0 bridgehead atoms. The first-order chi connectivity index (χ1) is 11.9. The molecule has 0 amide bonds. The van der Waals surface area contributed by atoms with E-state index in [1.807, 2.05) is 12.1 Å². The highest BCUT2D eigenvalue weighted by molar-refractivity contribution is 7.99. The zero-order valence-corrected chi connectivity index (χ0v) is 14.0. The summed E-state index contributed by atoms with van der Waals surface area (Å²) >= 11 is 1.08. The number of rotatable bonds is 4. The zero-order chi connectivity index (χ0) is 18.0. The van der Waals surface area contributed by atoms with E-state index in [1.54, 1.807) is 30.9 Å². The van der Waals surface area contributed by atoms with Gasteiger partial charge in [0.2, 0.25) is 0 Å². The van der Waals surface area contributed by atoms with Gasteiger partial charge in [-0.1, -0.05) is 0 Å². The quantitative estimate of drug-likeness (QED) is 0.704. The van der Waals surface area contributed by atoms with Gasteiger partial charge in [0.05, 0.1) is 7.11 Å². The lowest BCUT2D eigenvalue weighted by Gasteiger charge is -2.06. The van der Waals surface area contributed by atoms with Gasteiger partial charge in [0.25, 0.3) is 0 Å². The number of alkyl halides is 3. The molecule has 0 spiro atoms. The Balaban J connectivity index is 1.81. The van der Waals surface area contributed by atoms with Crippen LogP contribution in [0.2, 0.25) is 0 Å². The Labute approximate surface area is 145 Å². The van der Waals surface area contributed by atoms with Crippen molar-refractivity contribution in [2.75, 3.05) is 7.11 Å². The lowest BCUT2D eigenvalue weighted by molar-refractivity contribution is -0.141. The van der Waals surface area contributed by atoms with Gasteiger partial charge in [-0.3, -0.25) is 0 Å². The van der Waals surface area contributed by atoms with E-state index in [0.29, 0.717) is 16.0 Å². The van der Waals surface area contributed by atoms with E-state index in [0.717, 1.165) is 29.1 Å². The van der Waals surface area contributed by atoms with E-state index >= 15 is 0 Å². The van der Waals surface area contributed by atoms with E-state index < -0.39 is 11.9 Å². The average Bonchev–Trinajstić information content (AvgIpc) is 2.95. The monoisotopic (exact) mass is 367 g/mol. The second-order valence-corrected chi connectivity index (χ2v) is 5.94. The number of hydrogen-bond donors (Lipinski definition) is 0. The molecular formula is C15H12F3N5OS. The second kappa shape index (κ2) is 6.71. The fourth-order valence-corrected chi connectivity index (χ4v) is 2.72. The predicted molar refractivity (Wildman–Crippen MR) is 84.1 cm³/mol. The van der Waals surface area contributed by atoms with Crippen molar-refractivity contribution in [3.05, 3.63) is 42.1 Å². The molecule has 1 aromatic carbocycles. The lowest BCUT2D eigenvalue weighted by Crippen LogP contribution is -2.08. The van der Waals surface area contributed by atoms with Crippen molar-refractivity contribution in [1.82, 2.24) is 25.0 Å². The minimum Gasteiger partial charge on any atom is -0.497 e. The molecule has 0 fully saturated rings. The Morgan fingerprint density at radius 1 is 0.960 bits per heavy atom. The summed E-state index contributed by atoms with van der Waals surface area (Å²) < 4.78 is 44.4. The van der Waals surface area contributed by atoms with Crippen LogP contribution in [0.5, 0.6) is 5.75 Å². The van der Waals surface area contributed by atoms with Gasteiger partial charge in [0.1, 0.15) is 10.8 Å². The molecule has 3 aromatic rings. The number of ether oxygens (including phenoxy) is 1. The topological polar surface area (TPSA) is 65.7 Å². The molecule has 2 heterocycles. The maximum absolute atomic E-state index is 12.5. The van der Waals surface area contributed by atoms with Crippen LogP contribution in [-0.4, -0.2) is 32.1 Å². The first-order valence-electron chi connectivity index (χ1n) is 7.01. The van der Waals surface area contributed by atoms with Crippen molar-refractivity contribution in [2.24, 2.45) is 7.05 Å². The molecule has 0 saturated carbocycles. The first-order valence-corrected chi connectivity index (χ1v) is 7.82. The Morgan fingerprint density at radius 3 is 2.24 bits per heavy atom. The summed E-state index contributed by atoms with van der Waals surface area (Å²) in [7, 11) is 3.34. The van der Waals surface area contributed by atoms with Crippen molar-refractivity contribution < 1.29 is 17.9 Å². The largest absolute Gasteiger partial charge is 0.497 e. The summed E-state index contributed by atoms with van der Waals surface area (Å²) in [5.41, 5.74) is -0.199. The number of nitrogens with zero attached hydrogens (tertiary/aromatic N) is 5. The molecule has 130 valence electrons. The first kappa shape index (κ1) is 17.2. The summed E-state index contributed by atoms with van der Waals surface area (Å²) in [5.74, 6) is 1.34. The molecule has 0 saturated heterocycles. The van der Waals surface area contributed by atoms with Crippen LogP contribution >= 0.6 is 11.8 Å². The molecule has 0 unspecified atom stereocenters. The van der Waals surface area contributed by atoms with Gasteiger partial charge in [-0.15, -0.1) is 20.4 Å². The van der Waals surface area contributed by atoms with Gasteiger partial charge in [0.15, 0.2) is 16.7 Å². The van der Waals surface area contributed by atoms with Crippen LogP contribution in [0.25, 0.3) is 11.4 Å². The third-order valence-electron chi connectivity index (χ3n) is 3.31. The van der Waals surface area contributed by atoms with Gasteiger partial charge in [-0.25, -0.2) is 0 Å². The third kappa shape index (κ3) is 3.73. The number of methoxy groups -OCH3 is 1. The van der Waals surface area contributed by atoms with Crippen molar-refractivity contribution in [3.8, 4) is 17.1 Å². The molecule has 25 heavy (non-hydrogen) atoms. The Kier molecular flexibility index (Phi) is 4.62. The van der Waals surface area contributed by atoms with Crippen LogP contribution < -0.4 is 4.74 Å². The minimum absolute atomic E-state index is 0.296. The standard InChI is InChI=1S/C15H12F3N5OS/c1-23-13(9-3-5-10(24-2)6-4-9)21-22-14(23)25-12-8-7-11(19-20-12)15(16,17)18/h3-8H,1-2H3. The average molecular weight is 367 g/mol. The third-order valence-corrected chi connectivity index (χ3v) is 4.27. The molecule has 0 radical (unpaired) electrons. The van der Waals surface area contributed by atoms with Gasteiger partial charge in [-0.05, 0) is 48.2 Å². The number of halogens is 3. The van der Waals surface area contributed by atoms with Gasteiger partial charge in [-0.2, -0.15) is 13.2 Å². The maximum atomic E-state index is 12.5. The van der Waals surface area contributed by atoms with E-state index in [2.05, 4.69) is 20.4 Å². The summed E-state index contributed by atoms with van der Waals surface area (Å²) in [4.78, 5) is 0. The minimum atomic E-state index is -4.51. The molecule has 0 aliphatic rings. The fourth-order valence-electron chi connectivity index (χ4n) is 2.01. The highest BCUT2D eigenvalue weighted by Crippen LogP contribution is 2.30. The molecule has 0 aliphatic heterocycles. The molecule has 6 nitrogen and oxygen atoms in total. The predicted octanol–water partition coefficient (Wildman–Crippen LogP) is 3.45. The molecule has 2 aromatic heterocycles. The molecule has 0 N–H and O–H groups in total. The lowest BCUT2D eigenvalue weighted by atomic mass is 10.2. The highest BCUT2D eigenvalue weighted by atomic mass is 32.2. The molecule has 0 aliphatic carbocycles. The van der Waals surface area contributed by atoms with Crippen molar-refractivity contribution in [3.63, 3.8) is 0 Å². The summed E-state index contributed by atoms with van der Waals surface area (Å²) in [6, 6.07) is 9.43. The van der Waals surface area contributed by atoms with Crippen LogP contribution in [0.3, 0.4) is 0 Å². The molecule has 0 atom stereocenters. The van der Waals surface area contributed by atoms with Crippen LogP contribution in [0, 0.1) is 0 Å². The van der Waals surface area contributed by atoms with Crippen LogP contribution in [0.15, 0.2) is 46.6 Å². The molecule has 10 heteroatoms. The number of benzene rings is 1. The SMILES string of the molecule is COc1ccc(-c2nnc(Sc3ccc(C(F)(F)F)nn3)n2C)cc1. The van der Waals surface area contributed by atoms with E-state index in [-0.39, 0.29) is 0 Å². The normalized spacial score (nSPS) is 11.6. The van der Waals surface area contributed by atoms with E-state index in [4.69, 9.17) is 4.74 Å². The number of aromatic nitrogens is 5. The Bertz CT molecular complexity index is 862. The highest BCUT2D eigenvalue weighted by Gasteiger charge is 2.33. The number of hydrogen-bond acceptors (Lipinski definition) is 6. The summed E-state index contributed by atoms with van der Waals surface area (Å²) in [5, 5.41) is 15.7. The van der Waals surface area contributed by atoms with Crippen LogP contribution in [0.4, 0.5) is 13.2 Å². The van der Waals surface area contributed by atoms with Crippen molar-refractivity contribution in [1.29, 1.82) is 0 Å². The van der Waals surface area contributed by atoms with E-state index in [1.165, 1.54) is 6.07 Å². The van der Waals surface area contributed by atoms with E-state index in [9.17, 15) is 13.2 Å². The van der Waals surface area contributed by atoms with Gasteiger partial charge >= 0.3 is 6.18 Å². The summed E-state index contributed by atoms with van der Waals surface area (Å²) in [6.45, 7) is 0. The van der Waals surface area contributed by atoms with Gasteiger partial charge < -0.3 is 9.30 Å². The van der Waals surface area contributed by atoms with Crippen molar-refractivity contribution >= 4 is 11.8 Å². The Hall–Kier alpha value is -2.62.